The van der Waals surface area contributed by atoms with E-state index in [1.807, 2.05) is 6.07 Å². The van der Waals surface area contributed by atoms with Crippen LogP contribution in [-0.2, 0) is 11.2 Å². The summed E-state index contributed by atoms with van der Waals surface area (Å²) in [6.07, 6.45) is 0.111. The lowest BCUT2D eigenvalue weighted by atomic mass is 9.94. The molecule has 76 valence electrons. The highest BCUT2D eigenvalue weighted by molar-refractivity contribution is 5.78. The van der Waals surface area contributed by atoms with Gasteiger partial charge in [0.1, 0.15) is 5.54 Å². The highest BCUT2D eigenvalue weighted by Crippen LogP contribution is 2.13. The van der Waals surface area contributed by atoms with E-state index >= 15 is 0 Å². The van der Waals surface area contributed by atoms with Crippen molar-refractivity contribution in [2.24, 2.45) is 0 Å². The third kappa shape index (κ3) is 2.29. The summed E-state index contributed by atoms with van der Waals surface area (Å²) in [5, 5.41) is 8.79. The van der Waals surface area contributed by atoms with E-state index in [2.05, 4.69) is 0 Å². The number of nitrogens with one attached hydrogen (secondary N) is 1. The molecule has 0 radical (unpaired) electrons. The van der Waals surface area contributed by atoms with Crippen LogP contribution in [0.25, 0.3) is 0 Å². The minimum Gasteiger partial charge on any atom is -0.480 e. The van der Waals surface area contributed by atoms with Gasteiger partial charge in [0, 0.05) is 6.42 Å². The first-order valence-electron chi connectivity index (χ1n) is 4.23. The molecule has 0 fully saturated rings. The summed E-state index contributed by atoms with van der Waals surface area (Å²) in [7, 11) is 0. The molecule has 0 aromatic heterocycles. The number of rotatable bonds is 4. The maximum atomic E-state index is 12.3. The van der Waals surface area contributed by atoms with Crippen molar-refractivity contribution in [3.05, 3.63) is 35.9 Å². The second-order valence-corrected chi connectivity index (χ2v) is 3.39. The lowest BCUT2D eigenvalue weighted by molar-refractivity contribution is -0.146. The fourth-order valence-corrected chi connectivity index (χ4v) is 1.15. The minimum absolute atomic E-state index is 0.111. The van der Waals surface area contributed by atoms with E-state index in [1.165, 1.54) is 12.5 Å². The molecule has 1 aromatic carbocycles. The summed E-state index contributed by atoms with van der Waals surface area (Å²) < 4.78 is 12.3. The Morgan fingerprint density at radius 2 is 2.07 bits per heavy atom. The molecule has 0 aliphatic carbocycles. The van der Waals surface area contributed by atoms with Crippen molar-refractivity contribution in [2.75, 3.05) is 0 Å². The molecule has 3 nitrogen and oxygen atoms in total. The molecule has 2 N–H and O–H groups in total. The quantitative estimate of drug-likeness (QED) is 0.720. The van der Waals surface area contributed by atoms with Gasteiger partial charge in [0.25, 0.3) is 0 Å². The molecule has 0 bridgehead atoms. The molecule has 1 aromatic rings. The first-order valence-corrected chi connectivity index (χ1v) is 4.23. The van der Waals surface area contributed by atoms with Gasteiger partial charge in [-0.15, -0.1) is 10.0 Å². The summed E-state index contributed by atoms with van der Waals surface area (Å²) in [4.78, 5) is 10.8. The van der Waals surface area contributed by atoms with Crippen LogP contribution < -0.4 is 5.54 Å². The summed E-state index contributed by atoms with van der Waals surface area (Å²) in [5.74, 6) is -1.20. The van der Waals surface area contributed by atoms with E-state index in [0.29, 0.717) is 0 Å². The molecular formula is C10H12FNO2. The monoisotopic (exact) mass is 197 g/mol. The van der Waals surface area contributed by atoms with E-state index in [9.17, 15) is 9.28 Å². The number of hydrogen-bond donors (Lipinski definition) is 2. The van der Waals surface area contributed by atoms with Crippen LogP contribution in [0.5, 0.6) is 0 Å². The van der Waals surface area contributed by atoms with Crippen LogP contribution in [0.15, 0.2) is 30.3 Å². The van der Waals surface area contributed by atoms with Crippen LogP contribution in [0.2, 0.25) is 0 Å². The van der Waals surface area contributed by atoms with E-state index < -0.39 is 11.5 Å². The van der Waals surface area contributed by atoms with Gasteiger partial charge in [0.05, 0.1) is 0 Å². The molecule has 1 rings (SSSR count). The molecule has 0 aliphatic rings. The Morgan fingerprint density at radius 3 is 2.50 bits per heavy atom. The fourth-order valence-electron chi connectivity index (χ4n) is 1.15. The number of halogens is 1. The fraction of sp³-hybridized carbons (Fsp3) is 0.300. The van der Waals surface area contributed by atoms with Crippen molar-refractivity contribution in [1.82, 2.24) is 5.54 Å². The Hall–Kier alpha value is -1.42. The van der Waals surface area contributed by atoms with Gasteiger partial charge in [0.2, 0.25) is 0 Å². The average Bonchev–Trinajstić information content (AvgIpc) is 2.19. The van der Waals surface area contributed by atoms with E-state index in [1.54, 1.807) is 24.3 Å². The normalized spacial score (nSPS) is 14.7. The molecule has 0 heterocycles. The molecule has 0 saturated carbocycles. The number of carbonyl (C=O) groups is 1. The van der Waals surface area contributed by atoms with Crippen molar-refractivity contribution >= 4 is 5.97 Å². The van der Waals surface area contributed by atoms with Gasteiger partial charge in [-0.05, 0) is 12.5 Å². The standard InChI is InChI=1S/C10H12FNO2/c1-10(12-11,9(13)14)7-8-5-3-2-4-6-8/h2-6,12H,7H2,1H3,(H,13,14). The number of benzene rings is 1. The molecule has 14 heavy (non-hydrogen) atoms. The summed E-state index contributed by atoms with van der Waals surface area (Å²) in [6, 6.07) is 8.92. The SMILES string of the molecule is CC(Cc1ccccc1)(NF)C(=O)O. The molecular weight excluding hydrogens is 185 g/mol. The summed E-state index contributed by atoms with van der Waals surface area (Å²) in [5.41, 5.74) is 0.553. The second-order valence-electron chi connectivity index (χ2n) is 3.39. The van der Waals surface area contributed by atoms with Crippen molar-refractivity contribution in [2.45, 2.75) is 18.9 Å². The number of hydrogen-bond acceptors (Lipinski definition) is 2. The zero-order chi connectivity index (χ0) is 10.6. The molecule has 1 atom stereocenters. The smallest absolute Gasteiger partial charge is 0.326 e. The lowest BCUT2D eigenvalue weighted by Gasteiger charge is -2.21. The predicted octanol–water partition coefficient (Wildman–Crippen LogP) is 1.55. The summed E-state index contributed by atoms with van der Waals surface area (Å²) >= 11 is 0. The second kappa shape index (κ2) is 4.19. The Balaban J connectivity index is 2.81. The molecule has 0 spiro atoms. The van der Waals surface area contributed by atoms with Gasteiger partial charge in [0.15, 0.2) is 0 Å². The Labute approximate surface area is 81.5 Å². The molecule has 0 saturated heterocycles. The first-order chi connectivity index (χ1) is 6.58. The third-order valence-electron chi connectivity index (χ3n) is 2.08. The highest BCUT2D eigenvalue weighted by atomic mass is 19.2. The number of carboxylic acids is 1. The van der Waals surface area contributed by atoms with Gasteiger partial charge >= 0.3 is 5.97 Å². The Morgan fingerprint density at radius 1 is 1.50 bits per heavy atom. The minimum atomic E-state index is -1.55. The van der Waals surface area contributed by atoms with Gasteiger partial charge in [-0.2, -0.15) is 0 Å². The molecule has 0 amide bonds. The van der Waals surface area contributed by atoms with Crippen LogP contribution in [0.3, 0.4) is 0 Å². The zero-order valence-electron chi connectivity index (χ0n) is 7.83. The van der Waals surface area contributed by atoms with E-state index in [0.717, 1.165) is 5.56 Å². The Bertz CT molecular complexity index is 315. The van der Waals surface area contributed by atoms with Crippen molar-refractivity contribution in [1.29, 1.82) is 0 Å². The lowest BCUT2D eigenvalue weighted by Crippen LogP contribution is -2.47. The highest BCUT2D eigenvalue weighted by Gasteiger charge is 2.33. The van der Waals surface area contributed by atoms with Crippen molar-refractivity contribution < 1.29 is 14.4 Å². The van der Waals surface area contributed by atoms with Crippen LogP contribution in [0.1, 0.15) is 12.5 Å². The molecule has 4 heteroatoms. The number of carboxylic acid groups (broad SMARTS) is 1. The van der Waals surface area contributed by atoms with E-state index in [-0.39, 0.29) is 6.42 Å². The van der Waals surface area contributed by atoms with Gasteiger partial charge in [-0.25, -0.2) is 0 Å². The van der Waals surface area contributed by atoms with Crippen LogP contribution in [0.4, 0.5) is 4.48 Å². The first kappa shape index (κ1) is 10.7. The van der Waals surface area contributed by atoms with Crippen molar-refractivity contribution in [3.8, 4) is 0 Å². The van der Waals surface area contributed by atoms with Gasteiger partial charge < -0.3 is 5.11 Å². The maximum Gasteiger partial charge on any atom is 0.326 e. The van der Waals surface area contributed by atoms with Crippen LogP contribution in [0, 0.1) is 0 Å². The van der Waals surface area contributed by atoms with Crippen LogP contribution >= 0.6 is 0 Å². The zero-order valence-corrected chi connectivity index (χ0v) is 7.83. The van der Waals surface area contributed by atoms with Crippen molar-refractivity contribution in [3.63, 3.8) is 0 Å². The van der Waals surface area contributed by atoms with E-state index in [4.69, 9.17) is 5.11 Å². The van der Waals surface area contributed by atoms with Gasteiger partial charge in [-0.3, -0.25) is 4.79 Å². The van der Waals surface area contributed by atoms with Gasteiger partial charge in [-0.1, -0.05) is 30.3 Å². The molecule has 1 unspecified atom stereocenters. The maximum absolute atomic E-state index is 12.3. The largest absolute Gasteiger partial charge is 0.480 e. The topological polar surface area (TPSA) is 49.3 Å². The molecule has 0 aliphatic heterocycles. The average molecular weight is 197 g/mol. The number of aliphatic carboxylic acids is 1. The predicted molar refractivity (Wildman–Crippen MR) is 50.4 cm³/mol. The summed E-state index contributed by atoms with van der Waals surface area (Å²) in [6.45, 7) is 1.31. The third-order valence-corrected chi connectivity index (χ3v) is 2.08. The van der Waals surface area contributed by atoms with Crippen LogP contribution in [-0.4, -0.2) is 16.6 Å². The Kier molecular flexibility index (Phi) is 3.19.